The molecule has 0 spiro atoms. The highest BCUT2D eigenvalue weighted by Gasteiger charge is 2.19. The van der Waals surface area contributed by atoms with Crippen LogP contribution in [0.1, 0.15) is 43.3 Å². The molecule has 4 aromatic rings. The van der Waals surface area contributed by atoms with E-state index in [9.17, 15) is 9.59 Å². The number of rotatable bonds is 8. The largest absolute Gasteiger partial charge is 0.489 e. The molecule has 0 unspecified atom stereocenters. The molecule has 2 N–H and O–H groups in total. The minimum Gasteiger partial charge on any atom is -0.489 e. The van der Waals surface area contributed by atoms with Gasteiger partial charge in [0.25, 0.3) is 11.8 Å². The molecule has 0 radical (unpaired) electrons. The molecule has 0 saturated carbocycles. The van der Waals surface area contributed by atoms with Gasteiger partial charge in [0, 0.05) is 17.6 Å². The molecule has 180 valence electrons. The molecule has 0 fully saturated rings. The topological polar surface area (TPSA) is 98.4 Å². The Hall–Kier alpha value is -4.04. The first-order valence-corrected chi connectivity index (χ1v) is 11.3. The van der Waals surface area contributed by atoms with Gasteiger partial charge in [-0.25, -0.2) is 0 Å². The monoisotopic (exact) mass is 492 g/mol. The van der Waals surface area contributed by atoms with E-state index in [0.717, 1.165) is 27.5 Å². The van der Waals surface area contributed by atoms with E-state index in [2.05, 4.69) is 15.7 Å². The van der Waals surface area contributed by atoms with Crippen molar-refractivity contribution in [1.82, 2.24) is 15.1 Å². The molecule has 35 heavy (non-hydrogen) atoms. The first-order valence-electron chi connectivity index (χ1n) is 10.9. The summed E-state index contributed by atoms with van der Waals surface area (Å²) in [6, 6.07) is 14.4. The van der Waals surface area contributed by atoms with Crippen LogP contribution in [-0.4, -0.2) is 21.6 Å². The van der Waals surface area contributed by atoms with Gasteiger partial charge in [-0.05, 0) is 66.9 Å². The van der Waals surface area contributed by atoms with Gasteiger partial charge in [-0.3, -0.25) is 14.3 Å². The quantitative estimate of drug-likeness (QED) is 0.359. The summed E-state index contributed by atoms with van der Waals surface area (Å²) in [5.74, 6) is 0.628. The Morgan fingerprint density at radius 3 is 2.46 bits per heavy atom. The number of hydrogen-bond donors (Lipinski definition) is 2. The third-order valence-corrected chi connectivity index (χ3v) is 6.03. The summed E-state index contributed by atoms with van der Waals surface area (Å²) in [5.41, 5.74) is 3.82. The Morgan fingerprint density at radius 2 is 1.80 bits per heavy atom. The average Bonchev–Trinajstić information content (AvgIpc) is 3.49. The van der Waals surface area contributed by atoms with Gasteiger partial charge in [0.2, 0.25) is 0 Å². The Balaban J connectivity index is 1.38. The van der Waals surface area contributed by atoms with Crippen LogP contribution in [-0.2, 0) is 20.2 Å². The van der Waals surface area contributed by atoms with Gasteiger partial charge in [0.05, 0.1) is 24.7 Å². The Morgan fingerprint density at radius 1 is 1.09 bits per heavy atom. The van der Waals surface area contributed by atoms with Crippen molar-refractivity contribution >= 4 is 29.1 Å². The van der Waals surface area contributed by atoms with Gasteiger partial charge >= 0.3 is 0 Å². The molecule has 0 atom stereocenters. The molecule has 2 heterocycles. The van der Waals surface area contributed by atoms with E-state index in [4.69, 9.17) is 20.8 Å². The van der Waals surface area contributed by atoms with E-state index in [-0.39, 0.29) is 24.1 Å². The number of ether oxygens (including phenoxy) is 1. The number of carbonyl (C=O) groups excluding carboxylic acids is 2. The average molecular weight is 493 g/mol. The van der Waals surface area contributed by atoms with E-state index in [1.54, 1.807) is 31.3 Å². The molecule has 2 aromatic carbocycles. The highest BCUT2D eigenvalue weighted by molar-refractivity contribution is 6.32. The van der Waals surface area contributed by atoms with Crippen LogP contribution >= 0.6 is 11.6 Å². The lowest BCUT2D eigenvalue weighted by Gasteiger charge is -2.11. The van der Waals surface area contributed by atoms with E-state index in [1.807, 2.05) is 38.1 Å². The standard InChI is InChI=1S/C26H25ClN4O4/c1-16-11-21(12-17(2)23(16)27)35-15-18-6-8-19(9-7-18)25(32)30-22-14-29-31(3)24(22)26(33)28-13-20-5-4-10-34-20/h4-12,14H,13,15H2,1-3H3,(H,28,33)(H,30,32). The van der Waals surface area contributed by atoms with Crippen molar-refractivity contribution in [1.29, 1.82) is 0 Å². The number of hydrogen-bond acceptors (Lipinski definition) is 5. The minimum absolute atomic E-state index is 0.225. The molecule has 9 heteroatoms. The summed E-state index contributed by atoms with van der Waals surface area (Å²) in [5, 5.41) is 10.4. The van der Waals surface area contributed by atoms with Crippen LogP contribution in [0.3, 0.4) is 0 Å². The Bertz CT molecular complexity index is 1320. The van der Waals surface area contributed by atoms with Gasteiger partial charge in [-0.2, -0.15) is 5.10 Å². The van der Waals surface area contributed by atoms with Crippen molar-refractivity contribution in [3.8, 4) is 5.75 Å². The maximum Gasteiger partial charge on any atom is 0.272 e. The molecule has 2 amide bonds. The fraction of sp³-hybridized carbons (Fsp3) is 0.192. The van der Waals surface area contributed by atoms with Crippen LogP contribution in [0.15, 0.2) is 65.4 Å². The zero-order valence-corrected chi connectivity index (χ0v) is 20.3. The van der Waals surface area contributed by atoms with Crippen LogP contribution < -0.4 is 15.4 Å². The SMILES string of the molecule is Cc1cc(OCc2ccc(C(=O)Nc3cnn(C)c3C(=O)NCc3ccco3)cc2)cc(C)c1Cl. The van der Waals surface area contributed by atoms with E-state index >= 15 is 0 Å². The lowest BCUT2D eigenvalue weighted by molar-refractivity contribution is 0.0939. The highest BCUT2D eigenvalue weighted by Crippen LogP contribution is 2.26. The number of aromatic nitrogens is 2. The molecule has 2 aromatic heterocycles. The van der Waals surface area contributed by atoms with Gasteiger partial charge in [-0.15, -0.1) is 0 Å². The molecular weight excluding hydrogens is 468 g/mol. The van der Waals surface area contributed by atoms with E-state index < -0.39 is 0 Å². The maximum atomic E-state index is 12.8. The van der Waals surface area contributed by atoms with Crippen molar-refractivity contribution in [2.75, 3.05) is 5.32 Å². The van der Waals surface area contributed by atoms with Crippen molar-refractivity contribution in [3.05, 3.63) is 99.7 Å². The van der Waals surface area contributed by atoms with Crippen LogP contribution in [0.4, 0.5) is 5.69 Å². The number of nitrogens with zero attached hydrogens (tertiary/aromatic N) is 2. The first-order chi connectivity index (χ1) is 16.8. The third-order valence-electron chi connectivity index (χ3n) is 5.44. The van der Waals surface area contributed by atoms with Crippen molar-refractivity contribution in [2.24, 2.45) is 7.05 Å². The molecule has 0 bridgehead atoms. The van der Waals surface area contributed by atoms with Gasteiger partial charge in [0.1, 0.15) is 23.8 Å². The zero-order valence-electron chi connectivity index (χ0n) is 19.6. The summed E-state index contributed by atoms with van der Waals surface area (Å²) < 4.78 is 12.5. The second-order valence-electron chi connectivity index (χ2n) is 8.10. The molecule has 4 rings (SSSR count). The number of anilines is 1. The lowest BCUT2D eigenvalue weighted by Crippen LogP contribution is -2.26. The summed E-state index contributed by atoms with van der Waals surface area (Å²) in [6.07, 6.45) is 2.98. The van der Waals surface area contributed by atoms with E-state index in [0.29, 0.717) is 23.6 Å². The minimum atomic E-state index is -0.378. The summed E-state index contributed by atoms with van der Waals surface area (Å²) in [6.45, 7) is 4.45. The maximum absolute atomic E-state index is 12.8. The Kier molecular flexibility index (Phi) is 7.22. The van der Waals surface area contributed by atoms with Crippen LogP contribution in [0.25, 0.3) is 0 Å². The fourth-order valence-electron chi connectivity index (χ4n) is 3.57. The first kappa shape index (κ1) is 24.1. The molecule has 0 aliphatic carbocycles. The molecule has 8 nitrogen and oxygen atoms in total. The van der Waals surface area contributed by atoms with Gasteiger partial charge in [-0.1, -0.05) is 23.7 Å². The predicted molar refractivity (Wildman–Crippen MR) is 133 cm³/mol. The number of aryl methyl sites for hydroxylation is 3. The third kappa shape index (κ3) is 5.73. The number of nitrogens with one attached hydrogen (secondary N) is 2. The summed E-state index contributed by atoms with van der Waals surface area (Å²) >= 11 is 6.21. The van der Waals surface area contributed by atoms with Gasteiger partial charge < -0.3 is 19.8 Å². The van der Waals surface area contributed by atoms with Crippen LogP contribution in [0.5, 0.6) is 5.75 Å². The number of furan rings is 1. The van der Waals surface area contributed by atoms with Crippen molar-refractivity contribution < 1.29 is 18.7 Å². The van der Waals surface area contributed by atoms with Crippen LogP contribution in [0, 0.1) is 13.8 Å². The molecule has 0 saturated heterocycles. The number of halogens is 1. The zero-order chi connectivity index (χ0) is 24.9. The number of carbonyl (C=O) groups is 2. The molecule has 0 aliphatic rings. The molecular formula is C26H25ClN4O4. The lowest BCUT2D eigenvalue weighted by atomic mass is 10.1. The molecule has 0 aliphatic heterocycles. The smallest absolute Gasteiger partial charge is 0.272 e. The number of benzene rings is 2. The normalized spacial score (nSPS) is 10.7. The van der Waals surface area contributed by atoms with E-state index in [1.165, 1.54) is 17.1 Å². The Labute approximate surface area is 207 Å². The number of amides is 2. The highest BCUT2D eigenvalue weighted by atomic mass is 35.5. The summed E-state index contributed by atoms with van der Waals surface area (Å²) in [4.78, 5) is 25.5. The van der Waals surface area contributed by atoms with Crippen molar-refractivity contribution in [3.63, 3.8) is 0 Å². The van der Waals surface area contributed by atoms with Crippen molar-refractivity contribution in [2.45, 2.75) is 27.0 Å². The van der Waals surface area contributed by atoms with Crippen LogP contribution in [0.2, 0.25) is 5.02 Å². The second-order valence-corrected chi connectivity index (χ2v) is 8.48. The van der Waals surface area contributed by atoms with Gasteiger partial charge in [0.15, 0.2) is 0 Å². The summed E-state index contributed by atoms with van der Waals surface area (Å²) in [7, 11) is 1.63. The fourth-order valence-corrected chi connectivity index (χ4v) is 3.67. The predicted octanol–water partition coefficient (Wildman–Crippen LogP) is 5.04. The second kappa shape index (κ2) is 10.5.